The molecule has 0 bridgehead atoms. The molecule has 1 saturated carbocycles. The van der Waals surface area contributed by atoms with Gasteiger partial charge in [0, 0.05) is 69.5 Å². The number of nitrogens with one attached hydrogen (secondary N) is 2. The van der Waals surface area contributed by atoms with E-state index in [4.69, 9.17) is 21.6 Å². The second kappa shape index (κ2) is 15.6. The van der Waals surface area contributed by atoms with Gasteiger partial charge >= 0.3 is 0 Å². The van der Waals surface area contributed by atoms with Crippen LogP contribution in [0.5, 0.6) is 5.75 Å². The summed E-state index contributed by atoms with van der Waals surface area (Å²) < 4.78 is 6.09. The number of likely N-dealkylation sites (tertiary alicyclic amines) is 1. The van der Waals surface area contributed by atoms with Gasteiger partial charge in [0.1, 0.15) is 29.4 Å². The highest BCUT2D eigenvalue weighted by Gasteiger charge is 2.46. The minimum absolute atomic E-state index is 0.0190. The fourth-order valence-corrected chi connectivity index (χ4v) is 9.91. The number of carbonyl (C=O) groups is 5. The van der Waals surface area contributed by atoms with Gasteiger partial charge in [-0.1, -0.05) is 11.6 Å². The molecule has 2 aromatic carbocycles. The van der Waals surface area contributed by atoms with Gasteiger partial charge in [-0.15, -0.1) is 0 Å². The number of amides is 5. The number of halogens is 1. The molecule has 5 aliphatic heterocycles. The minimum atomic E-state index is -0.975. The Morgan fingerprint density at radius 2 is 1.59 bits per heavy atom. The van der Waals surface area contributed by atoms with Crippen LogP contribution in [0.2, 0.25) is 5.02 Å². The average molecular weight is 806 g/mol. The Bertz CT molecular complexity index is 2180. The first-order valence-electron chi connectivity index (χ1n) is 20.2. The summed E-state index contributed by atoms with van der Waals surface area (Å²) in [5, 5.41) is 14.8. The molecular formula is C42H44ClN9O6. The van der Waals surface area contributed by atoms with Crippen LogP contribution in [0.15, 0.2) is 48.8 Å². The lowest BCUT2D eigenvalue weighted by Gasteiger charge is -2.38. The fraction of sp³-hybridized carbons (Fsp3) is 0.476. The lowest BCUT2D eigenvalue weighted by molar-refractivity contribution is -0.136. The quantitative estimate of drug-likeness (QED) is 0.317. The van der Waals surface area contributed by atoms with E-state index in [1.807, 2.05) is 6.07 Å². The van der Waals surface area contributed by atoms with Crippen molar-refractivity contribution in [3.63, 3.8) is 0 Å². The van der Waals surface area contributed by atoms with Crippen LogP contribution >= 0.6 is 11.6 Å². The Labute approximate surface area is 340 Å². The van der Waals surface area contributed by atoms with Gasteiger partial charge in [-0.3, -0.25) is 39.1 Å². The lowest BCUT2D eigenvalue weighted by Crippen LogP contribution is -2.54. The van der Waals surface area contributed by atoms with Crippen LogP contribution in [-0.2, 0) is 9.59 Å². The number of rotatable bonds is 8. The van der Waals surface area contributed by atoms with E-state index in [9.17, 15) is 24.0 Å². The number of hydrogen-bond acceptors (Lipinski definition) is 12. The zero-order valence-corrected chi connectivity index (χ0v) is 32.7. The summed E-state index contributed by atoms with van der Waals surface area (Å²) in [4.78, 5) is 81.0. The zero-order chi connectivity index (χ0) is 40.1. The summed E-state index contributed by atoms with van der Waals surface area (Å²) in [7, 11) is 0. The normalized spacial score (nSPS) is 26.3. The Balaban J connectivity index is 0.718. The SMILES string of the molecule is N#Cc1ccc(O[C@H]2CC[C@H](NC(=O)c3cnc(N4CC5CN(C6CCN(c7ccc8c(c7)C(=O)N(C7CCC(=O)NC7=O)C8=O)CC6)CC5C4)cn3)CC2)cc1Cl. The van der Waals surface area contributed by atoms with Gasteiger partial charge in [0.15, 0.2) is 0 Å². The number of anilines is 2. The van der Waals surface area contributed by atoms with Crippen LogP contribution in [0.3, 0.4) is 0 Å². The highest BCUT2D eigenvalue weighted by molar-refractivity contribution is 6.31. The number of ether oxygens (including phenoxy) is 1. The van der Waals surface area contributed by atoms with E-state index in [0.29, 0.717) is 51.0 Å². The Kier molecular flexibility index (Phi) is 10.2. The number of imide groups is 2. The number of nitrogens with zero attached hydrogens (tertiary/aromatic N) is 7. The number of benzene rings is 2. The van der Waals surface area contributed by atoms with Crippen molar-refractivity contribution in [1.29, 1.82) is 5.26 Å². The number of hydrogen-bond donors (Lipinski definition) is 2. The van der Waals surface area contributed by atoms with Crippen LogP contribution in [-0.4, -0.2) is 113 Å². The number of piperidine rings is 2. The van der Waals surface area contributed by atoms with E-state index in [0.717, 1.165) is 94.2 Å². The maximum Gasteiger partial charge on any atom is 0.271 e. The molecule has 3 unspecified atom stereocenters. The van der Waals surface area contributed by atoms with Gasteiger partial charge in [0.2, 0.25) is 11.8 Å². The second-order valence-electron chi connectivity index (χ2n) is 16.4. The molecule has 3 atom stereocenters. The molecule has 6 heterocycles. The van der Waals surface area contributed by atoms with Crippen LogP contribution in [0, 0.1) is 23.2 Å². The fourth-order valence-electron chi connectivity index (χ4n) is 9.70. The van der Waals surface area contributed by atoms with E-state index in [-0.39, 0.29) is 30.9 Å². The van der Waals surface area contributed by atoms with Gasteiger partial charge < -0.3 is 19.9 Å². The van der Waals surface area contributed by atoms with Gasteiger partial charge in [-0.2, -0.15) is 5.26 Å². The molecule has 0 spiro atoms. The second-order valence-corrected chi connectivity index (χ2v) is 16.8. The molecule has 300 valence electrons. The summed E-state index contributed by atoms with van der Waals surface area (Å²) in [6.07, 6.45) is 8.67. The molecule has 9 rings (SSSR count). The molecule has 2 N–H and O–H groups in total. The Morgan fingerprint density at radius 1 is 0.845 bits per heavy atom. The molecule has 3 aromatic rings. The van der Waals surface area contributed by atoms with Crippen molar-refractivity contribution in [2.75, 3.05) is 49.1 Å². The van der Waals surface area contributed by atoms with Crippen LogP contribution in [0.4, 0.5) is 11.5 Å². The zero-order valence-electron chi connectivity index (χ0n) is 31.9. The number of fused-ring (bicyclic) bond motifs is 2. The van der Waals surface area contributed by atoms with E-state index < -0.39 is 29.7 Å². The molecular weight excluding hydrogens is 762 g/mol. The van der Waals surface area contributed by atoms with Gasteiger partial charge in [-0.25, -0.2) is 9.97 Å². The van der Waals surface area contributed by atoms with E-state index in [2.05, 4.69) is 41.4 Å². The van der Waals surface area contributed by atoms with Crippen molar-refractivity contribution >= 4 is 52.6 Å². The average Bonchev–Trinajstić information content (AvgIpc) is 3.89. The molecule has 1 aliphatic carbocycles. The number of carbonyl (C=O) groups excluding carboxylic acids is 5. The third-order valence-corrected chi connectivity index (χ3v) is 13.2. The first-order chi connectivity index (χ1) is 28.1. The molecule has 4 saturated heterocycles. The van der Waals surface area contributed by atoms with E-state index in [1.54, 1.807) is 42.7 Å². The third-order valence-electron chi connectivity index (χ3n) is 12.9. The van der Waals surface area contributed by atoms with Gasteiger partial charge in [0.05, 0.1) is 40.2 Å². The first-order valence-corrected chi connectivity index (χ1v) is 20.6. The lowest BCUT2D eigenvalue weighted by atomic mass is 9.93. The molecule has 15 nitrogen and oxygen atoms in total. The number of nitriles is 1. The maximum atomic E-state index is 13.4. The minimum Gasteiger partial charge on any atom is -0.490 e. The maximum absolute atomic E-state index is 13.4. The molecule has 1 aromatic heterocycles. The van der Waals surface area contributed by atoms with Crippen LogP contribution in [0.25, 0.3) is 0 Å². The summed E-state index contributed by atoms with van der Waals surface area (Å²) in [6.45, 7) is 5.53. The van der Waals surface area contributed by atoms with Crippen molar-refractivity contribution in [3.05, 3.63) is 76.2 Å². The third kappa shape index (κ3) is 7.35. The Hall–Kier alpha value is -5.59. The highest BCUT2D eigenvalue weighted by atomic mass is 35.5. The topological polar surface area (TPSA) is 181 Å². The molecule has 6 aliphatic rings. The van der Waals surface area contributed by atoms with Gasteiger partial charge in [0.25, 0.3) is 17.7 Å². The van der Waals surface area contributed by atoms with Crippen LogP contribution in [0.1, 0.15) is 88.1 Å². The first kappa shape index (κ1) is 38.0. The molecule has 5 fully saturated rings. The predicted octanol–water partition coefficient (Wildman–Crippen LogP) is 3.56. The van der Waals surface area contributed by atoms with Crippen molar-refractivity contribution in [1.82, 2.24) is 30.4 Å². The van der Waals surface area contributed by atoms with Crippen molar-refractivity contribution < 1.29 is 28.7 Å². The molecule has 5 amide bonds. The summed E-state index contributed by atoms with van der Waals surface area (Å²) >= 11 is 6.15. The molecule has 16 heteroatoms. The van der Waals surface area contributed by atoms with Crippen molar-refractivity contribution in [3.8, 4) is 11.8 Å². The van der Waals surface area contributed by atoms with E-state index in [1.165, 1.54) is 0 Å². The van der Waals surface area contributed by atoms with Crippen LogP contribution < -0.4 is 25.2 Å². The highest BCUT2D eigenvalue weighted by Crippen LogP contribution is 2.37. The monoisotopic (exact) mass is 805 g/mol. The standard InChI is InChI=1S/C42H44ClN9O6/c43-34-16-31(5-1-24(34)17-44)58-30-6-2-27(3-7-30)47-39(54)35-18-46-37(19-45-35)51-22-25-20-50(21-26(25)23-51)28-11-13-49(14-12-28)29-4-8-32-33(15-29)42(57)52(41(32)56)36-9-10-38(53)48-40(36)55/h1,4-5,8,15-16,18-19,25-28,30,36H,2-3,6-7,9-14,20-23H2,(H,47,54)(H,48,53,55)/t25?,26?,27-,30-,36?. The summed E-state index contributed by atoms with van der Waals surface area (Å²) in [6, 6.07) is 12.0. The summed E-state index contributed by atoms with van der Waals surface area (Å²) in [5.74, 6) is 0.296. The van der Waals surface area contributed by atoms with Crippen molar-refractivity contribution in [2.24, 2.45) is 11.8 Å². The molecule has 58 heavy (non-hydrogen) atoms. The predicted molar refractivity (Wildman–Crippen MR) is 211 cm³/mol. The van der Waals surface area contributed by atoms with Crippen molar-refractivity contribution in [2.45, 2.75) is 75.6 Å². The Morgan fingerprint density at radius 3 is 2.26 bits per heavy atom. The number of aromatic nitrogens is 2. The molecule has 0 radical (unpaired) electrons. The van der Waals surface area contributed by atoms with Gasteiger partial charge in [-0.05, 0) is 87.1 Å². The smallest absolute Gasteiger partial charge is 0.271 e. The summed E-state index contributed by atoms with van der Waals surface area (Å²) in [5.41, 5.74) is 2.22. The largest absolute Gasteiger partial charge is 0.490 e. The van der Waals surface area contributed by atoms with E-state index >= 15 is 0 Å².